The van der Waals surface area contributed by atoms with Crippen LogP contribution >= 0.6 is 0 Å². The molecule has 7 heteroatoms. The first-order chi connectivity index (χ1) is 21.7. The zero-order valence-electron chi connectivity index (χ0n) is 26.2. The molecule has 0 unspecified atom stereocenters. The van der Waals surface area contributed by atoms with E-state index in [-0.39, 0.29) is 71.4 Å². The molecule has 3 aliphatic carbocycles. The molecule has 1 saturated heterocycles. The van der Waals surface area contributed by atoms with Gasteiger partial charge in [0.1, 0.15) is 29.7 Å². The molecular weight excluding hydrogens is 568 g/mol. The molecule has 0 spiro atoms. The summed E-state index contributed by atoms with van der Waals surface area (Å²) in [5, 5.41) is 0. The predicted octanol–water partition coefficient (Wildman–Crippen LogP) is 6.55. The van der Waals surface area contributed by atoms with Crippen LogP contribution in [0.2, 0.25) is 0 Å². The Kier molecular flexibility index (Phi) is 6.56. The van der Waals surface area contributed by atoms with Crippen LogP contribution < -0.4 is 0 Å². The smallest absolute Gasteiger partial charge is 0.338 e. The van der Waals surface area contributed by atoms with E-state index in [2.05, 4.69) is 26.8 Å². The second-order valence-corrected chi connectivity index (χ2v) is 14.4. The van der Waals surface area contributed by atoms with Gasteiger partial charge in [0.25, 0.3) is 0 Å². The van der Waals surface area contributed by atoms with Crippen molar-refractivity contribution in [3.8, 4) is 0 Å². The van der Waals surface area contributed by atoms with Gasteiger partial charge in [0.15, 0.2) is 0 Å². The first-order valence-corrected chi connectivity index (χ1v) is 16.5. The number of hydrogen-bond donors (Lipinski definition) is 0. The first kappa shape index (κ1) is 28.6. The van der Waals surface area contributed by atoms with Crippen molar-refractivity contribution in [3.63, 3.8) is 0 Å². The van der Waals surface area contributed by atoms with Crippen molar-refractivity contribution in [2.45, 2.75) is 70.9 Å². The summed E-state index contributed by atoms with van der Waals surface area (Å²) in [5.41, 5.74) is 2.50. The fraction of sp³-hybridized carbons (Fsp3) is 0.500. The van der Waals surface area contributed by atoms with Gasteiger partial charge < -0.3 is 18.9 Å². The predicted molar refractivity (Wildman–Crippen MR) is 165 cm³/mol. The van der Waals surface area contributed by atoms with E-state index in [1.165, 1.54) is 5.57 Å². The van der Waals surface area contributed by atoms with Gasteiger partial charge >= 0.3 is 17.9 Å². The number of carbonyl (C=O) groups excluding carboxylic acids is 3. The Morgan fingerprint density at radius 2 is 1.51 bits per heavy atom. The minimum atomic E-state index is -0.514. The summed E-state index contributed by atoms with van der Waals surface area (Å²) in [6.45, 7) is 8.53. The van der Waals surface area contributed by atoms with Gasteiger partial charge in [-0.3, -0.25) is 0 Å². The second-order valence-electron chi connectivity index (χ2n) is 14.4. The van der Waals surface area contributed by atoms with Crippen molar-refractivity contribution in [1.29, 1.82) is 0 Å². The lowest BCUT2D eigenvalue weighted by Crippen LogP contribution is -2.49. The Labute approximate surface area is 264 Å². The third-order valence-electron chi connectivity index (χ3n) is 12.2. The highest BCUT2D eigenvalue weighted by atomic mass is 16.6. The zero-order valence-corrected chi connectivity index (χ0v) is 26.2. The standard InChI is InChI=1S/C38H40O7/c1-19-17-25-29(28-24(19)18-26-30(28)31-34-20(2)27(42-37(31)41)15-16-38(26,4)45-34)33(44-36(40)23-13-9-6-10-14-23)21(3)32(25)43-35(39)22-11-7-5-8-12-22/h5-14,17,20-21,24-30,32-33H,15-16,18H2,1-4H3/t20-,21-,24-,25+,26+,27-,28-,29-,30+,32-,33+,38+/m1/s1. The summed E-state index contributed by atoms with van der Waals surface area (Å²) in [5.74, 6) is -0.593. The molecule has 0 N–H and O–H groups in total. The maximum Gasteiger partial charge on any atom is 0.338 e. The molecule has 45 heavy (non-hydrogen) atoms. The summed E-state index contributed by atoms with van der Waals surface area (Å²) >= 11 is 0. The van der Waals surface area contributed by atoms with Gasteiger partial charge in [-0.2, -0.15) is 0 Å². The Morgan fingerprint density at radius 1 is 0.889 bits per heavy atom. The normalized spacial score (nSPS) is 40.7. The van der Waals surface area contributed by atoms with Crippen LogP contribution in [-0.2, 0) is 23.7 Å². The van der Waals surface area contributed by atoms with Crippen LogP contribution in [0.5, 0.6) is 0 Å². The number of benzene rings is 2. The highest BCUT2D eigenvalue weighted by molar-refractivity contribution is 5.92. The summed E-state index contributed by atoms with van der Waals surface area (Å²) in [4.78, 5) is 40.9. The number of allylic oxidation sites excluding steroid dienone is 1. The lowest BCUT2D eigenvalue weighted by atomic mass is 9.63. The van der Waals surface area contributed by atoms with Gasteiger partial charge in [-0.15, -0.1) is 0 Å². The van der Waals surface area contributed by atoms with Crippen molar-refractivity contribution < 1.29 is 33.3 Å². The molecule has 8 rings (SSSR count). The lowest BCUT2D eigenvalue weighted by molar-refractivity contribution is -0.154. The molecule has 3 aliphatic heterocycles. The average molecular weight is 609 g/mol. The van der Waals surface area contributed by atoms with E-state index in [1.807, 2.05) is 43.3 Å². The quantitative estimate of drug-likeness (QED) is 0.221. The molecule has 2 aromatic rings. The monoisotopic (exact) mass is 608 g/mol. The van der Waals surface area contributed by atoms with Crippen molar-refractivity contribution in [3.05, 3.63) is 94.8 Å². The largest absolute Gasteiger partial charge is 0.491 e. The maximum absolute atomic E-state index is 13.8. The molecule has 0 amide bonds. The number of fused-ring (bicyclic) bond motifs is 9. The van der Waals surface area contributed by atoms with Crippen molar-refractivity contribution in [2.24, 2.45) is 47.3 Å². The van der Waals surface area contributed by atoms with Crippen molar-refractivity contribution >= 4 is 17.9 Å². The van der Waals surface area contributed by atoms with E-state index in [0.29, 0.717) is 16.7 Å². The van der Waals surface area contributed by atoms with Gasteiger partial charge in [0, 0.05) is 29.6 Å². The van der Waals surface area contributed by atoms with Crippen LogP contribution in [0.1, 0.15) is 67.7 Å². The number of carbonyl (C=O) groups is 3. The third kappa shape index (κ3) is 4.25. The van der Waals surface area contributed by atoms with E-state index in [1.54, 1.807) is 24.3 Å². The molecule has 3 fully saturated rings. The summed E-state index contributed by atoms with van der Waals surface area (Å²) < 4.78 is 25.7. The van der Waals surface area contributed by atoms with Gasteiger partial charge in [0.05, 0.1) is 22.6 Å². The maximum atomic E-state index is 13.8. The summed E-state index contributed by atoms with van der Waals surface area (Å²) in [6.07, 6.45) is 3.60. The Bertz CT molecular complexity index is 1610. The summed E-state index contributed by atoms with van der Waals surface area (Å²) in [6, 6.07) is 18.1. The van der Waals surface area contributed by atoms with Gasteiger partial charge in [0.2, 0.25) is 0 Å². The molecule has 2 aromatic carbocycles. The highest BCUT2D eigenvalue weighted by Crippen LogP contribution is 2.66. The average Bonchev–Trinajstić information content (AvgIpc) is 3.55. The highest BCUT2D eigenvalue weighted by Gasteiger charge is 2.68. The second kappa shape index (κ2) is 10.3. The Balaban J connectivity index is 1.23. The van der Waals surface area contributed by atoms with Crippen LogP contribution in [-0.4, -0.2) is 41.8 Å². The van der Waals surface area contributed by atoms with E-state index < -0.39 is 17.8 Å². The summed E-state index contributed by atoms with van der Waals surface area (Å²) in [7, 11) is 0. The number of esters is 3. The Morgan fingerprint density at radius 3 is 2.16 bits per heavy atom. The first-order valence-electron chi connectivity index (χ1n) is 16.5. The van der Waals surface area contributed by atoms with Crippen LogP contribution in [0, 0.1) is 47.3 Å². The van der Waals surface area contributed by atoms with E-state index in [0.717, 1.165) is 25.0 Å². The molecule has 12 atom stereocenters. The molecular formula is C38H40O7. The van der Waals surface area contributed by atoms with Crippen LogP contribution in [0.3, 0.4) is 0 Å². The van der Waals surface area contributed by atoms with Crippen LogP contribution in [0.4, 0.5) is 0 Å². The van der Waals surface area contributed by atoms with Crippen LogP contribution in [0.15, 0.2) is 83.6 Å². The van der Waals surface area contributed by atoms with Crippen molar-refractivity contribution in [2.75, 3.05) is 0 Å². The molecule has 6 aliphatic rings. The number of hydrogen-bond acceptors (Lipinski definition) is 7. The lowest BCUT2D eigenvalue weighted by Gasteiger charge is -2.48. The third-order valence-corrected chi connectivity index (χ3v) is 12.2. The number of ether oxygens (including phenoxy) is 4. The Hall–Kier alpha value is -3.87. The SMILES string of the molecule is CC1=C[C@@H]2[C@H](OC(=O)c3ccccc3)[C@@H](C)[C@H](OC(=O)c3ccccc3)[C@H]2[C@@H]2[C@H]3C4=C5O[C@@](C)(CC[C@@H](OC4=O)[C@H]5C)[C@H]3C[C@H]12. The molecule has 0 radical (unpaired) electrons. The van der Waals surface area contributed by atoms with Gasteiger partial charge in [-0.05, 0) is 69.2 Å². The van der Waals surface area contributed by atoms with Crippen molar-refractivity contribution in [1.82, 2.24) is 0 Å². The van der Waals surface area contributed by atoms with Crippen LogP contribution in [0.25, 0.3) is 0 Å². The fourth-order valence-corrected chi connectivity index (χ4v) is 10.0. The molecule has 2 saturated carbocycles. The van der Waals surface area contributed by atoms with Gasteiger partial charge in [-0.1, -0.05) is 61.9 Å². The minimum Gasteiger partial charge on any atom is -0.491 e. The van der Waals surface area contributed by atoms with Gasteiger partial charge in [-0.25, -0.2) is 14.4 Å². The molecule has 7 nitrogen and oxygen atoms in total. The fourth-order valence-electron chi connectivity index (χ4n) is 10.0. The topological polar surface area (TPSA) is 88.1 Å². The molecule has 3 bridgehead atoms. The van der Waals surface area contributed by atoms with E-state index in [9.17, 15) is 14.4 Å². The zero-order chi connectivity index (χ0) is 31.2. The molecule has 3 heterocycles. The van der Waals surface area contributed by atoms with E-state index in [4.69, 9.17) is 18.9 Å². The number of rotatable bonds is 4. The minimum absolute atomic E-state index is 0.00377. The molecule has 0 aromatic heterocycles. The molecule has 234 valence electrons. The van der Waals surface area contributed by atoms with E-state index >= 15 is 0 Å².